The molecule has 0 saturated heterocycles. The van der Waals surface area contributed by atoms with Crippen LogP contribution < -0.4 is 5.32 Å². The van der Waals surface area contributed by atoms with Gasteiger partial charge in [-0.05, 0) is 56.5 Å². The van der Waals surface area contributed by atoms with E-state index in [4.69, 9.17) is 0 Å². The third-order valence-electron chi connectivity index (χ3n) is 3.47. The van der Waals surface area contributed by atoms with Crippen LogP contribution in [0.5, 0.6) is 0 Å². The van der Waals surface area contributed by atoms with Crippen molar-refractivity contribution in [1.29, 1.82) is 0 Å². The standard InChI is InChI=1S/C16H21FN2S/c1-4-7-18-15(16-12(3)19-10-20-16)9-13-5-6-14(17)8-11(13)2/h5-6,8,10,15,18H,4,7,9H2,1-3H3. The molecule has 0 fully saturated rings. The zero-order valence-electron chi connectivity index (χ0n) is 12.2. The maximum atomic E-state index is 13.2. The van der Waals surface area contributed by atoms with Gasteiger partial charge >= 0.3 is 0 Å². The quantitative estimate of drug-likeness (QED) is 0.864. The average molecular weight is 292 g/mol. The van der Waals surface area contributed by atoms with Crippen molar-refractivity contribution in [1.82, 2.24) is 10.3 Å². The van der Waals surface area contributed by atoms with E-state index in [-0.39, 0.29) is 11.9 Å². The molecule has 0 aliphatic carbocycles. The van der Waals surface area contributed by atoms with Crippen LogP contribution in [0.3, 0.4) is 0 Å². The van der Waals surface area contributed by atoms with Gasteiger partial charge in [-0.1, -0.05) is 13.0 Å². The Morgan fingerprint density at radius 1 is 1.35 bits per heavy atom. The van der Waals surface area contributed by atoms with Crippen LogP contribution in [0.2, 0.25) is 0 Å². The monoisotopic (exact) mass is 292 g/mol. The number of benzene rings is 1. The summed E-state index contributed by atoms with van der Waals surface area (Å²) in [6.45, 7) is 7.15. The van der Waals surface area contributed by atoms with E-state index >= 15 is 0 Å². The van der Waals surface area contributed by atoms with Gasteiger partial charge in [-0.25, -0.2) is 9.37 Å². The third-order valence-corrected chi connectivity index (χ3v) is 4.51. The number of aryl methyl sites for hydroxylation is 2. The Labute approximate surface area is 124 Å². The maximum absolute atomic E-state index is 13.2. The van der Waals surface area contributed by atoms with Crippen molar-refractivity contribution in [3.05, 3.63) is 51.2 Å². The smallest absolute Gasteiger partial charge is 0.123 e. The second kappa shape index (κ2) is 6.95. The molecular weight excluding hydrogens is 271 g/mol. The van der Waals surface area contributed by atoms with Gasteiger partial charge in [0.15, 0.2) is 0 Å². The first-order valence-corrected chi connectivity index (χ1v) is 7.88. The van der Waals surface area contributed by atoms with E-state index < -0.39 is 0 Å². The molecule has 2 nitrogen and oxygen atoms in total. The molecule has 0 amide bonds. The summed E-state index contributed by atoms with van der Waals surface area (Å²) >= 11 is 1.69. The minimum atomic E-state index is -0.168. The van der Waals surface area contributed by atoms with Crippen LogP contribution in [0.4, 0.5) is 4.39 Å². The third kappa shape index (κ3) is 3.64. The van der Waals surface area contributed by atoms with Crippen molar-refractivity contribution in [2.45, 2.75) is 39.7 Å². The molecule has 2 rings (SSSR count). The van der Waals surface area contributed by atoms with Gasteiger partial charge in [-0.2, -0.15) is 0 Å². The normalized spacial score (nSPS) is 12.6. The molecule has 1 heterocycles. The van der Waals surface area contributed by atoms with E-state index in [1.54, 1.807) is 23.5 Å². The van der Waals surface area contributed by atoms with Crippen LogP contribution in [0.15, 0.2) is 23.7 Å². The number of halogens is 1. The van der Waals surface area contributed by atoms with Gasteiger partial charge in [0.05, 0.1) is 11.2 Å². The predicted molar refractivity (Wildman–Crippen MR) is 82.7 cm³/mol. The second-order valence-electron chi connectivity index (χ2n) is 5.08. The lowest BCUT2D eigenvalue weighted by Gasteiger charge is -2.19. The summed E-state index contributed by atoms with van der Waals surface area (Å²) in [7, 11) is 0. The molecule has 4 heteroatoms. The molecule has 0 radical (unpaired) electrons. The van der Waals surface area contributed by atoms with Crippen LogP contribution >= 0.6 is 11.3 Å². The lowest BCUT2D eigenvalue weighted by molar-refractivity contribution is 0.532. The van der Waals surface area contributed by atoms with Gasteiger partial charge < -0.3 is 5.32 Å². The molecule has 0 aliphatic heterocycles. The van der Waals surface area contributed by atoms with Gasteiger partial charge in [0.25, 0.3) is 0 Å². The van der Waals surface area contributed by atoms with Gasteiger partial charge in [-0.15, -0.1) is 11.3 Å². The Bertz CT molecular complexity index is 565. The molecule has 1 N–H and O–H groups in total. The van der Waals surface area contributed by atoms with Crippen molar-refractivity contribution >= 4 is 11.3 Å². The summed E-state index contributed by atoms with van der Waals surface area (Å²) in [6, 6.07) is 5.29. The number of thiazole rings is 1. The Hall–Kier alpha value is -1.26. The molecule has 2 aromatic rings. The molecule has 1 unspecified atom stereocenters. The molecule has 20 heavy (non-hydrogen) atoms. The SMILES string of the molecule is CCCNC(Cc1ccc(F)cc1C)c1scnc1C. The number of hydrogen-bond acceptors (Lipinski definition) is 3. The Morgan fingerprint density at radius 2 is 2.15 bits per heavy atom. The summed E-state index contributed by atoms with van der Waals surface area (Å²) in [5, 5.41) is 3.58. The number of aromatic nitrogens is 1. The van der Waals surface area contributed by atoms with E-state index in [2.05, 4.69) is 17.2 Å². The van der Waals surface area contributed by atoms with Gasteiger partial charge in [0, 0.05) is 10.9 Å². The van der Waals surface area contributed by atoms with Gasteiger partial charge in [0.1, 0.15) is 5.82 Å². The highest BCUT2D eigenvalue weighted by Gasteiger charge is 2.17. The first-order valence-electron chi connectivity index (χ1n) is 7.00. The summed E-state index contributed by atoms with van der Waals surface area (Å²) in [5.41, 5.74) is 5.18. The first kappa shape index (κ1) is 15.1. The largest absolute Gasteiger partial charge is 0.309 e. The topological polar surface area (TPSA) is 24.9 Å². The van der Waals surface area contributed by atoms with E-state index in [0.717, 1.165) is 30.6 Å². The van der Waals surface area contributed by atoms with E-state index in [1.807, 2.05) is 25.4 Å². The summed E-state index contributed by atoms with van der Waals surface area (Å²) in [5.74, 6) is -0.168. The van der Waals surface area contributed by atoms with Gasteiger partial charge in [-0.3, -0.25) is 0 Å². The summed E-state index contributed by atoms with van der Waals surface area (Å²) < 4.78 is 13.2. The fraction of sp³-hybridized carbons (Fsp3) is 0.438. The van der Waals surface area contributed by atoms with Crippen LogP contribution in [0.1, 0.15) is 41.1 Å². The van der Waals surface area contributed by atoms with Crippen molar-refractivity contribution in [3.63, 3.8) is 0 Å². The van der Waals surface area contributed by atoms with Crippen molar-refractivity contribution < 1.29 is 4.39 Å². The Morgan fingerprint density at radius 3 is 2.75 bits per heavy atom. The van der Waals surface area contributed by atoms with Crippen molar-refractivity contribution in [3.8, 4) is 0 Å². The summed E-state index contributed by atoms with van der Waals surface area (Å²) in [4.78, 5) is 5.62. The average Bonchev–Trinajstić information content (AvgIpc) is 2.83. The molecular formula is C16H21FN2S. The van der Waals surface area contributed by atoms with Crippen LogP contribution in [0, 0.1) is 19.7 Å². The van der Waals surface area contributed by atoms with Crippen molar-refractivity contribution in [2.75, 3.05) is 6.54 Å². The Balaban J connectivity index is 2.21. The fourth-order valence-corrected chi connectivity index (χ4v) is 3.21. The number of hydrogen-bond donors (Lipinski definition) is 1. The highest BCUT2D eigenvalue weighted by molar-refractivity contribution is 7.09. The minimum Gasteiger partial charge on any atom is -0.309 e. The molecule has 1 aromatic heterocycles. The predicted octanol–water partition coefficient (Wildman–Crippen LogP) is 4.18. The molecule has 108 valence electrons. The highest BCUT2D eigenvalue weighted by atomic mass is 32.1. The number of nitrogens with one attached hydrogen (secondary N) is 1. The van der Waals surface area contributed by atoms with E-state index in [0.29, 0.717) is 0 Å². The number of nitrogens with zero attached hydrogens (tertiary/aromatic N) is 1. The zero-order chi connectivity index (χ0) is 14.5. The molecule has 0 bridgehead atoms. The fourth-order valence-electron chi connectivity index (χ4n) is 2.33. The van der Waals surface area contributed by atoms with E-state index in [1.165, 1.54) is 10.4 Å². The Kier molecular flexibility index (Phi) is 5.26. The highest BCUT2D eigenvalue weighted by Crippen LogP contribution is 2.26. The lowest BCUT2D eigenvalue weighted by atomic mass is 9.99. The van der Waals surface area contributed by atoms with Crippen LogP contribution in [-0.4, -0.2) is 11.5 Å². The zero-order valence-corrected chi connectivity index (χ0v) is 13.1. The minimum absolute atomic E-state index is 0.168. The first-order chi connectivity index (χ1) is 9.61. The van der Waals surface area contributed by atoms with Crippen LogP contribution in [0.25, 0.3) is 0 Å². The molecule has 0 aliphatic rings. The molecule has 1 aromatic carbocycles. The number of rotatable bonds is 6. The maximum Gasteiger partial charge on any atom is 0.123 e. The molecule has 0 spiro atoms. The molecule has 1 atom stereocenters. The molecule has 0 saturated carbocycles. The second-order valence-corrected chi connectivity index (χ2v) is 5.97. The van der Waals surface area contributed by atoms with Crippen molar-refractivity contribution in [2.24, 2.45) is 0 Å². The lowest BCUT2D eigenvalue weighted by Crippen LogP contribution is -2.24. The summed E-state index contributed by atoms with van der Waals surface area (Å²) in [6.07, 6.45) is 1.96. The van der Waals surface area contributed by atoms with E-state index in [9.17, 15) is 4.39 Å². The van der Waals surface area contributed by atoms with Gasteiger partial charge in [0.2, 0.25) is 0 Å². The van der Waals surface area contributed by atoms with Crippen LogP contribution in [-0.2, 0) is 6.42 Å².